The van der Waals surface area contributed by atoms with E-state index >= 15 is 0 Å². The molecule has 2 aliphatic heterocycles. The lowest BCUT2D eigenvalue weighted by molar-refractivity contribution is 0.0565. The molecule has 0 unspecified atom stereocenters. The van der Waals surface area contributed by atoms with E-state index in [4.69, 9.17) is 0 Å². The van der Waals surface area contributed by atoms with Crippen LogP contribution in [0.25, 0.3) is 21.6 Å². The predicted molar refractivity (Wildman–Crippen MR) is 127 cm³/mol. The molecule has 0 radical (unpaired) electrons. The summed E-state index contributed by atoms with van der Waals surface area (Å²) >= 11 is 1.48. The van der Waals surface area contributed by atoms with E-state index in [0.717, 1.165) is 40.4 Å². The van der Waals surface area contributed by atoms with Gasteiger partial charge in [0.1, 0.15) is 29.9 Å². The monoisotopic (exact) mass is 487 g/mol. The molecule has 2 fully saturated rings. The van der Waals surface area contributed by atoms with E-state index in [1.165, 1.54) is 11.3 Å². The first kappa shape index (κ1) is 23.0. The Bertz CT molecular complexity index is 1160. The highest BCUT2D eigenvalue weighted by Crippen LogP contribution is 2.35. The maximum absolute atomic E-state index is 13.2. The Labute approximate surface area is 200 Å². The number of alkyl halides is 2. The number of carbonyl (C=O) groups excluding carboxylic acids is 1. The summed E-state index contributed by atoms with van der Waals surface area (Å²) in [7, 11) is 0. The highest BCUT2D eigenvalue weighted by Gasteiger charge is 2.41. The van der Waals surface area contributed by atoms with Gasteiger partial charge in [-0.2, -0.15) is 0 Å². The lowest BCUT2D eigenvalue weighted by atomic mass is 9.81. The molecule has 0 spiro atoms. The van der Waals surface area contributed by atoms with Crippen LogP contribution in [0.2, 0.25) is 0 Å². The number of piperidine rings is 2. The highest BCUT2D eigenvalue weighted by molar-refractivity contribution is 7.14. The van der Waals surface area contributed by atoms with Crippen molar-refractivity contribution in [3.05, 3.63) is 29.4 Å². The number of aryl methyl sites for hydroxylation is 1. The number of pyridine rings is 2. The maximum atomic E-state index is 13.2. The Morgan fingerprint density at radius 2 is 1.97 bits per heavy atom. The van der Waals surface area contributed by atoms with Gasteiger partial charge in [-0.3, -0.25) is 5.32 Å². The number of anilines is 1. The lowest BCUT2D eigenvalue weighted by Gasteiger charge is -2.49. The highest BCUT2D eigenvalue weighted by atomic mass is 32.1. The van der Waals surface area contributed by atoms with Gasteiger partial charge in [-0.1, -0.05) is 11.3 Å². The van der Waals surface area contributed by atoms with Crippen LogP contribution in [0, 0.1) is 6.92 Å². The Morgan fingerprint density at radius 1 is 1.21 bits per heavy atom. The van der Waals surface area contributed by atoms with Crippen LogP contribution in [0.15, 0.2) is 24.4 Å². The summed E-state index contributed by atoms with van der Waals surface area (Å²) in [5.74, 6) is 0.434. The average Bonchev–Trinajstić information content (AvgIpc) is 3.27. The van der Waals surface area contributed by atoms with Crippen molar-refractivity contribution in [2.75, 3.05) is 18.7 Å². The van der Waals surface area contributed by atoms with Gasteiger partial charge >= 0.3 is 6.03 Å². The number of aromatic nitrogens is 4. The van der Waals surface area contributed by atoms with Gasteiger partial charge in [0.15, 0.2) is 5.01 Å². The molecule has 0 saturated carbocycles. The largest absolute Gasteiger partial charge is 0.323 e. The summed E-state index contributed by atoms with van der Waals surface area (Å²) in [5.41, 5.74) is 1.44. The predicted octanol–water partition coefficient (Wildman–Crippen LogP) is 4.27. The zero-order valence-corrected chi connectivity index (χ0v) is 19.7. The lowest BCUT2D eigenvalue weighted by Crippen LogP contribution is -2.60. The molecule has 3 aromatic heterocycles. The van der Waals surface area contributed by atoms with Crippen LogP contribution < -0.4 is 10.6 Å². The Morgan fingerprint density at radius 3 is 2.65 bits per heavy atom. The van der Waals surface area contributed by atoms with E-state index in [9.17, 15) is 13.6 Å². The van der Waals surface area contributed by atoms with Crippen molar-refractivity contribution in [3.63, 3.8) is 0 Å². The minimum atomic E-state index is -0.769. The Balaban J connectivity index is 1.31. The van der Waals surface area contributed by atoms with Crippen molar-refractivity contribution in [3.8, 4) is 10.7 Å². The van der Waals surface area contributed by atoms with E-state index in [0.29, 0.717) is 24.2 Å². The van der Waals surface area contributed by atoms with E-state index in [-0.39, 0.29) is 24.2 Å². The number of amides is 2. The van der Waals surface area contributed by atoms with Crippen LogP contribution in [0.5, 0.6) is 0 Å². The molecule has 2 saturated heterocycles. The number of urea groups is 1. The number of hydrogen-bond acceptors (Lipinski definition) is 7. The molecule has 3 aromatic rings. The van der Waals surface area contributed by atoms with Crippen molar-refractivity contribution >= 4 is 34.1 Å². The number of nitrogens with one attached hydrogen (secondary N) is 2. The van der Waals surface area contributed by atoms with E-state index in [1.807, 2.05) is 24.0 Å². The van der Waals surface area contributed by atoms with E-state index in [2.05, 4.69) is 30.8 Å². The number of fused-ring (bicyclic) bond motifs is 3. The van der Waals surface area contributed by atoms with Crippen LogP contribution in [0.4, 0.5) is 19.4 Å². The molecule has 2 amide bonds. The number of nitrogens with zero attached hydrogens (tertiary/aromatic N) is 5. The fourth-order valence-electron chi connectivity index (χ4n) is 5.09. The van der Waals surface area contributed by atoms with Crippen LogP contribution in [-0.2, 0) is 0 Å². The second kappa shape index (κ2) is 9.83. The van der Waals surface area contributed by atoms with Crippen molar-refractivity contribution < 1.29 is 13.6 Å². The molecule has 2 N–H and O–H groups in total. The summed E-state index contributed by atoms with van der Waals surface area (Å²) in [6.45, 7) is 0.442. The molecule has 180 valence electrons. The van der Waals surface area contributed by atoms with Gasteiger partial charge in [0, 0.05) is 35.8 Å². The van der Waals surface area contributed by atoms with Gasteiger partial charge < -0.3 is 10.2 Å². The Hall–Kier alpha value is -2.79. The molecule has 2 aliphatic rings. The molecule has 34 heavy (non-hydrogen) atoms. The summed E-state index contributed by atoms with van der Waals surface area (Å²) in [5, 5.41) is 16.7. The smallest absolute Gasteiger partial charge is 0.318 e. The molecule has 0 aromatic carbocycles. The molecule has 0 aliphatic carbocycles. The molecule has 11 heteroatoms. The first-order valence-electron chi connectivity index (χ1n) is 11.6. The van der Waals surface area contributed by atoms with E-state index in [1.54, 1.807) is 12.3 Å². The minimum Gasteiger partial charge on any atom is -0.318 e. The van der Waals surface area contributed by atoms with Crippen molar-refractivity contribution in [2.45, 2.75) is 63.2 Å². The molecular weight excluding hydrogens is 460 g/mol. The molecular formula is C23H27F2N7OS. The second-order valence-corrected chi connectivity index (χ2v) is 10.2. The second-order valence-electron chi connectivity index (χ2n) is 9.00. The van der Waals surface area contributed by atoms with Gasteiger partial charge in [-0.25, -0.2) is 23.5 Å². The third-order valence-corrected chi connectivity index (χ3v) is 7.47. The molecule has 2 bridgehead atoms. The van der Waals surface area contributed by atoms with Crippen molar-refractivity contribution in [1.29, 1.82) is 0 Å². The van der Waals surface area contributed by atoms with Crippen LogP contribution >= 0.6 is 11.3 Å². The van der Waals surface area contributed by atoms with Crippen molar-refractivity contribution in [1.82, 2.24) is 30.4 Å². The molecule has 8 nitrogen and oxygen atoms in total. The van der Waals surface area contributed by atoms with Gasteiger partial charge in [-0.05, 0) is 51.2 Å². The van der Waals surface area contributed by atoms with Gasteiger partial charge in [-0.15, -0.1) is 10.2 Å². The fourth-order valence-corrected chi connectivity index (χ4v) is 5.75. The quantitative estimate of drug-likeness (QED) is 0.539. The average molecular weight is 488 g/mol. The standard InChI is InChI=1S/C23H27F2N7OS/c1-13-30-31-22(34-13)19-6-5-14-12-26-21(9-20(14)28-19)29-23(33)32-17-3-2-4-18(32)8-15(7-17)27-16(10-24)11-25/h5-6,9,12,15-18,27H,2-4,7-8,10-11H2,1H3,(H,26,29,33)/t15-,17-,18+. The normalized spacial score (nSPS) is 22.4. The van der Waals surface area contributed by atoms with E-state index < -0.39 is 19.4 Å². The van der Waals surface area contributed by atoms with Crippen LogP contribution in [-0.4, -0.2) is 68.6 Å². The first-order chi connectivity index (χ1) is 16.5. The van der Waals surface area contributed by atoms with Gasteiger partial charge in [0.25, 0.3) is 0 Å². The van der Waals surface area contributed by atoms with Crippen molar-refractivity contribution in [2.24, 2.45) is 0 Å². The maximum Gasteiger partial charge on any atom is 0.323 e. The summed E-state index contributed by atoms with van der Waals surface area (Å²) in [6.07, 6.45) is 5.89. The number of carbonyl (C=O) groups is 1. The zero-order valence-electron chi connectivity index (χ0n) is 18.9. The fraction of sp³-hybridized carbons (Fsp3) is 0.522. The number of rotatable bonds is 6. The molecule has 3 atom stereocenters. The minimum absolute atomic E-state index is 0.0150. The third-order valence-electron chi connectivity index (χ3n) is 6.61. The molecule has 5 rings (SSSR count). The first-order valence-corrected chi connectivity index (χ1v) is 12.4. The van der Waals surface area contributed by atoms with Gasteiger partial charge in [0.05, 0.1) is 11.6 Å². The third kappa shape index (κ3) is 4.72. The number of halogens is 2. The molecule has 5 heterocycles. The Kier molecular flexibility index (Phi) is 6.64. The topological polar surface area (TPSA) is 95.9 Å². The van der Waals surface area contributed by atoms with Crippen LogP contribution in [0.1, 0.15) is 37.1 Å². The summed E-state index contributed by atoms with van der Waals surface area (Å²) in [4.78, 5) is 24.2. The zero-order chi connectivity index (χ0) is 23.7. The van der Waals surface area contributed by atoms with Gasteiger partial charge in [0.2, 0.25) is 0 Å². The van der Waals surface area contributed by atoms with Crippen LogP contribution in [0.3, 0.4) is 0 Å². The number of hydrogen-bond donors (Lipinski definition) is 2. The SMILES string of the molecule is Cc1nnc(-c2ccc3cnc(NC(=O)N4[C@@H]5CCC[C@H]4C[C@H](NC(CF)CF)C5)cc3n2)s1. The summed E-state index contributed by atoms with van der Waals surface area (Å²) < 4.78 is 26.0. The summed E-state index contributed by atoms with van der Waals surface area (Å²) in [6, 6.07) is 4.71.